The lowest BCUT2D eigenvalue weighted by Gasteiger charge is -2.21. The highest BCUT2D eigenvalue weighted by Crippen LogP contribution is 2.26. The summed E-state index contributed by atoms with van der Waals surface area (Å²) in [4.78, 5) is 12.4. The zero-order valence-corrected chi connectivity index (χ0v) is 20.0. The molecule has 0 bridgehead atoms. The molecule has 0 unspecified atom stereocenters. The summed E-state index contributed by atoms with van der Waals surface area (Å²) in [5.41, 5.74) is 6.19. The molecule has 0 atom stereocenters. The third-order valence-electron chi connectivity index (χ3n) is 4.70. The smallest absolute Gasteiger partial charge is 0.260 e. The predicted molar refractivity (Wildman–Crippen MR) is 130 cm³/mol. The van der Waals surface area contributed by atoms with Gasteiger partial charge in [-0.05, 0) is 50.2 Å². The highest BCUT2D eigenvalue weighted by atomic mass is 35.5. The SMILES string of the molecule is Cc1cc(/C=N/NC(=O)CN(c2ccccc2)S(C)(=O)=O)c(C)n1-c1cc(Cl)cc(Cl)c1. The Balaban J connectivity index is 1.75. The van der Waals surface area contributed by atoms with Crippen molar-refractivity contribution in [1.29, 1.82) is 0 Å². The minimum atomic E-state index is -3.64. The maximum Gasteiger partial charge on any atom is 0.260 e. The fourth-order valence-electron chi connectivity index (χ4n) is 3.32. The second-order valence-corrected chi connectivity index (χ2v) is 9.97. The van der Waals surface area contributed by atoms with Gasteiger partial charge in [-0.25, -0.2) is 13.8 Å². The van der Waals surface area contributed by atoms with Crippen LogP contribution < -0.4 is 9.73 Å². The Bertz CT molecular complexity index is 1250. The van der Waals surface area contributed by atoms with Gasteiger partial charge >= 0.3 is 0 Å². The molecule has 3 rings (SSSR count). The molecule has 1 aromatic heterocycles. The Morgan fingerprint density at radius 1 is 1.09 bits per heavy atom. The van der Waals surface area contributed by atoms with Crippen molar-refractivity contribution in [2.24, 2.45) is 5.10 Å². The molecule has 0 aliphatic rings. The lowest BCUT2D eigenvalue weighted by Crippen LogP contribution is -2.38. The van der Waals surface area contributed by atoms with Crippen LogP contribution in [0.3, 0.4) is 0 Å². The van der Waals surface area contributed by atoms with Gasteiger partial charge in [-0.15, -0.1) is 0 Å². The molecule has 32 heavy (non-hydrogen) atoms. The summed E-state index contributed by atoms with van der Waals surface area (Å²) < 4.78 is 27.2. The van der Waals surface area contributed by atoms with Gasteiger partial charge < -0.3 is 4.57 Å². The number of para-hydroxylation sites is 1. The molecule has 3 aromatic rings. The van der Waals surface area contributed by atoms with E-state index in [4.69, 9.17) is 23.2 Å². The Hall–Kier alpha value is -2.81. The lowest BCUT2D eigenvalue weighted by atomic mass is 10.2. The number of halogens is 2. The number of aryl methyl sites for hydroxylation is 1. The molecule has 1 heterocycles. The summed E-state index contributed by atoms with van der Waals surface area (Å²) >= 11 is 12.3. The molecule has 0 spiro atoms. The van der Waals surface area contributed by atoms with Gasteiger partial charge in [0.2, 0.25) is 10.0 Å². The number of rotatable bonds is 7. The van der Waals surface area contributed by atoms with E-state index >= 15 is 0 Å². The highest BCUT2D eigenvalue weighted by molar-refractivity contribution is 7.92. The third kappa shape index (κ3) is 5.70. The van der Waals surface area contributed by atoms with Crippen molar-refractivity contribution in [2.45, 2.75) is 13.8 Å². The van der Waals surface area contributed by atoms with E-state index in [0.717, 1.165) is 33.2 Å². The van der Waals surface area contributed by atoms with E-state index in [0.29, 0.717) is 15.7 Å². The molecule has 168 valence electrons. The van der Waals surface area contributed by atoms with E-state index in [1.807, 2.05) is 24.5 Å². The molecule has 0 aliphatic heterocycles. The van der Waals surface area contributed by atoms with Crippen LogP contribution in [0.2, 0.25) is 10.0 Å². The minimum absolute atomic E-state index is 0.389. The normalized spacial score (nSPS) is 11.7. The van der Waals surface area contributed by atoms with Crippen LogP contribution in [-0.2, 0) is 14.8 Å². The maximum atomic E-state index is 12.4. The van der Waals surface area contributed by atoms with Crippen molar-refractivity contribution in [3.05, 3.63) is 81.6 Å². The zero-order chi connectivity index (χ0) is 23.5. The van der Waals surface area contributed by atoms with E-state index in [2.05, 4.69) is 10.5 Å². The fraction of sp³-hybridized carbons (Fsp3) is 0.182. The van der Waals surface area contributed by atoms with Gasteiger partial charge in [0.25, 0.3) is 5.91 Å². The van der Waals surface area contributed by atoms with Crippen LogP contribution in [0.1, 0.15) is 17.0 Å². The van der Waals surface area contributed by atoms with Crippen molar-refractivity contribution in [3.63, 3.8) is 0 Å². The standard InChI is InChI=1S/C22H22Cl2N4O3S/c1-15-9-17(16(2)28(15)21-11-18(23)10-19(24)12-21)13-25-26-22(29)14-27(32(3,30)31)20-7-5-4-6-8-20/h4-13H,14H2,1-3H3,(H,26,29)/b25-13+. The van der Waals surface area contributed by atoms with Gasteiger partial charge in [0.15, 0.2) is 0 Å². The number of hydrogen-bond acceptors (Lipinski definition) is 4. The summed E-state index contributed by atoms with van der Waals surface area (Å²) in [6, 6.07) is 15.6. The predicted octanol–water partition coefficient (Wildman–Crippen LogP) is 4.32. The Morgan fingerprint density at radius 3 is 2.31 bits per heavy atom. The number of hydrazone groups is 1. The maximum absolute atomic E-state index is 12.4. The van der Waals surface area contributed by atoms with E-state index < -0.39 is 15.9 Å². The summed E-state index contributed by atoms with van der Waals surface area (Å²) in [5.74, 6) is -0.564. The molecular formula is C22H22Cl2N4O3S. The van der Waals surface area contributed by atoms with Crippen LogP contribution in [0.25, 0.3) is 5.69 Å². The van der Waals surface area contributed by atoms with Gasteiger partial charge in [-0.3, -0.25) is 9.10 Å². The number of carbonyl (C=O) groups excluding carboxylic acids is 1. The summed E-state index contributed by atoms with van der Waals surface area (Å²) in [7, 11) is -3.64. The Morgan fingerprint density at radius 2 is 1.72 bits per heavy atom. The molecule has 0 radical (unpaired) electrons. The zero-order valence-electron chi connectivity index (χ0n) is 17.7. The Labute approximate surface area is 197 Å². The molecule has 0 saturated heterocycles. The van der Waals surface area contributed by atoms with Gasteiger partial charge in [0.05, 0.1) is 18.2 Å². The lowest BCUT2D eigenvalue weighted by molar-refractivity contribution is -0.119. The first-order valence-corrected chi connectivity index (χ1v) is 12.2. The van der Waals surface area contributed by atoms with Crippen LogP contribution in [-0.4, -0.2) is 37.9 Å². The average Bonchev–Trinajstić information content (AvgIpc) is 2.98. The van der Waals surface area contributed by atoms with Crippen molar-refractivity contribution >= 4 is 51.0 Å². The van der Waals surface area contributed by atoms with Crippen molar-refractivity contribution in [3.8, 4) is 5.69 Å². The number of aromatic nitrogens is 1. The number of sulfonamides is 1. The second-order valence-electron chi connectivity index (χ2n) is 7.19. The van der Waals surface area contributed by atoms with Crippen molar-refractivity contribution in [2.75, 3.05) is 17.1 Å². The van der Waals surface area contributed by atoms with E-state index in [1.165, 1.54) is 6.21 Å². The summed E-state index contributed by atoms with van der Waals surface area (Å²) in [5, 5.41) is 5.05. The molecule has 2 aromatic carbocycles. The van der Waals surface area contributed by atoms with Crippen LogP contribution in [0.5, 0.6) is 0 Å². The fourth-order valence-corrected chi connectivity index (χ4v) is 4.69. The van der Waals surface area contributed by atoms with Crippen LogP contribution in [0.4, 0.5) is 5.69 Å². The van der Waals surface area contributed by atoms with Crippen LogP contribution in [0, 0.1) is 13.8 Å². The molecule has 1 N–H and O–H groups in total. The van der Waals surface area contributed by atoms with Gasteiger partial charge in [0, 0.05) is 32.7 Å². The molecule has 10 heteroatoms. The average molecular weight is 493 g/mol. The van der Waals surface area contributed by atoms with Gasteiger partial charge in [0.1, 0.15) is 6.54 Å². The monoisotopic (exact) mass is 492 g/mol. The molecule has 0 fully saturated rings. The van der Waals surface area contributed by atoms with Crippen LogP contribution >= 0.6 is 23.2 Å². The number of nitrogens with one attached hydrogen (secondary N) is 1. The number of nitrogens with zero attached hydrogens (tertiary/aromatic N) is 3. The molecule has 0 saturated carbocycles. The van der Waals surface area contributed by atoms with Crippen molar-refractivity contribution in [1.82, 2.24) is 9.99 Å². The summed E-state index contributed by atoms with van der Waals surface area (Å²) in [6.07, 6.45) is 2.56. The largest absolute Gasteiger partial charge is 0.318 e. The van der Waals surface area contributed by atoms with E-state index in [9.17, 15) is 13.2 Å². The van der Waals surface area contributed by atoms with Crippen molar-refractivity contribution < 1.29 is 13.2 Å². The first-order chi connectivity index (χ1) is 15.1. The quantitative estimate of drug-likeness (QED) is 0.393. The number of amides is 1. The Kier molecular flexibility index (Phi) is 7.28. The first-order valence-electron chi connectivity index (χ1n) is 9.56. The first kappa shape index (κ1) is 23.8. The van der Waals surface area contributed by atoms with E-state index in [1.54, 1.807) is 48.5 Å². The topological polar surface area (TPSA) is 83.8 Å². The molecule has 0 aliphatic carbocycles. The number of carbonyl (C=O) groups is 1. The van der Waals surface area contributed by atoms with Crippen LogP contribution in [0.15, 0.2) is 59.7 Å². The second kappa shape index (κ2) is 9.77. The number of hydrogen-bond donors (Lipinski definition) is 1. The van der Waals surface area contributed by atoms with Gasteiger partial charge in [-0.1, -0.05) is 41.4 Å². The van der Waals surface area contributed by atoms with Gasteiger partial charge in [-0.2, -0.15) is 5.10 Å². The number of benzene rings is 2. The third-order valence-corrected chi connectivity index (χ3v) is 6.28. The molecule has 7 nitrogen and oxygen atoms in total. The molecule has 1 amide bonds. The highest BCUT2D eigenvalue weighted by Gasteiger charge is 2.20. The summed E-state index contributed by atoms with van der Waals surface area (Å²) in [6.45, 7) is 3.45. The molecular weight excluding hydrogens is 471 g/mol. The number of anilines is 1. The minimum Gasteiger partial charge on any atom is -0.318 e. The van der Waals surface area contributed by atoms with E-state index in [-0.39, 0.29) is 6.54 Å².